The molecule has 7 heteroatoms. The van der Waals surface area contributed by atoms with E-state index in [0.717, 1.165) is 20.0 Å². The van der Waals surface area contributed by atoms with Gasteiger partial charge in [0.15, 0.2) is 5.13 Å². The number of carbonyl (C=O) groups excluding carboxylic acids is 1. The molecule has 0 saturated carbocycles. The molecule has 2 aromatic heterocycles. The molecule has 5 nitrogen and oxygen atoms in total. The summed E-state index contributed by atoms with van der Waals surface area (Å²) in [6.45, 7) is 1.45. The second-order valence-electron chi connectivity index (χ2n) is 3.51. The number of hydrogen-bond donors (Lipinski definition) is 2. The molecule has 2 heterocycles. The molecule has 0 aliphatic heterocycles. The minimum atomic E-state index is -0.143. The second-order valence-corrected chi connectivity index (χ2v) is 5.40. The fraction of sp³-hybridized carbons (Fsp3) is 0.182. The van der Waals surface area contributed by atoms with Gasteiger partial charge in [-0.05, 0) is 22.0 Å². The van der Waals surface area contributed by atoms with E-state index in [9.17, 15) is 4.79 Å². The Morgan fingerprint density at radius 2 is 2.17 bits per heavy atom. The number of anilines is 2. The van der Waals surface area contributed by atoms with E-state index < -0.39 is 0 Å². The first-order valence-corrected chi connectivity index (χ1v) is 6.78. The SMILES string of the molecule is CNc1ncc(-c2cc(NC(C)=O)ncc2Br)s1. The molecule has 0 aliphatic rings. The molecule has 0 aliphatic carbocycles. The fourth-order valence-electron chi connectivity index (χ4n) is 1.39. The minimum absolute atomic E-state index is 0.143. The van der Waals surface area contributed by atoms with Gasteiger partial charge in [0.25, 0.3) is 0 Å². The maximum absolute atomic E-state index is 11.0. The average Bonchev–Trinajstić information content (AvgIpc) is 2.79. The van der Waals surface area contributed by atoms with Crippen molar-refractivity contribution < 1.29 is 4.79 Å². The van der Waals surface area contributed by atoms with E-state index in [0.29, 0.717) is 5.82 Å². The molecule has 0 radical (unpaired) electrons. The lowest BCUT2D eigenvalue weighted by molar-refractivity contribution is -0.114. The molecule has 0 unspecified atom stereocenters. The molecule has 94 valence electrons. The predicted octanol–water partition coefficient (Wildman–Crippen LogP) is 2.97. The minimum Gasteiger partial charge on any atom is -0.365 e. The monoisotopic (exact) mass is 326 g/mol. The third-order valence-electron chi connectivity index (χ3n) is 2.14. The summed E-state index contributed by atoms with van der Waals surface area (Å²) in [6, 6.07) is 1.82. The molecule has 0 atom stereocenters. The number of nitrogens with zero attached hydrogens (tertiary/aromatic N) is 2. The Labute approximate surface area is 117 Å². The van der Waals surface area contributed by atoms with Crippen LogP contribution in [0.3, 0.4) is 0 Å². The van der Waals surface area contributed by atoms with Crippen LogP contribution in [0.15, 0.2) is 22.9 Å². The van der Waals surface area contributed by atoms with E-state index in [2.05, 4.69) is 36.5 Å². The summed E-state index contributed by atoms with van der Waals surface area (Å²) in [4.78, 5) is 20.4. The number of halogens is 1. The number of nitrogens with one attached hydrogen (secondary N) is 2. The molecule has 2 aromatic rings. The van der Waals surface area contributed by atoms with E-state index >= 15 is 0 Å². The highest BCUT2D eigenvalue weighted by atomic mass is 79.9. The third kappa shape index (κ3) is 2.85. The van der Waals surface area contributed by atoms with Crippen LogP contribution in [0.25, 0.3) is 10.4 Å². The smallest absolute Gasteiger partial charge is 0.222 e. The number of aromatic nitrogens is 2. The molecule has 0 fully saturated rings. The van der Waals surface area contributed by atoms with E-state index in [4.69, 9.17) is 0 Å². The topological polar surface area (TPSA) is 66.9 Å². The van der Waals surface area contributed by atoms with Crippen molar-refractivity contribution in [3.8, 4) is 10.4 Å². The second kappa shape index (κ2) is 5.45. The van der Waals surface area contributed by atoms with Crippen LogP contribution < -0.4 is 10.6 Å². The van der Waals surface area contributed by atoms with Crippen molar-refractivity contribution in [2.45, 2.75) is 6.92 Å². The summed E-state index contributed by atoms with van der Waals surface area (Å²) in [5, 5.41) is 6.49. The Hall–Kier alpha value is -1.47. The van der Waals surface area contributed by atoms with Crippen molar-refractivity contribution in [3.63, 3.8) is 0 Å². The maximum atomic E-state index is 11.0. The lowest BCUT2D eigenvalue weighted by atomic mass is 10.2. The van der Waals surface area contributed by atoms with Crippen molar-refractivity contribution in [3.05, 3.63) is 22.9 Å². The van der Waals surface area contributed by atoms with Crippen LogP contribution in [0.5, 0.6) is 0 Å². The zero-order valence-electron chi connectivity index (χ0n) is 9.82. The number of hydrogen-bond acceptors (Lipinski definition) is 5. The first-order valence-electron chi connectivity index (χ1n) is 5.17. The van der Waals surface area contributed by atoms with Gasteiger partial charge in [-0.25, -0.2) is 9.97 Å². The van der Waals surface area contributed by atoms with Gasteiger partial charge in [-0.1, -0.05) is 11.3 Å². The average molecular weight is 327 g/mol. The largest absolute Gasteiger partial charge is 0.365 e. The van der Waals surface area contributed by atoms with Gasteiger partial charge in [0.1, 0.15) is 5.82 Å². The molecular weight excluding hydrogens is 316 g/mol. The highest BCUT2D eigenvalue weighted by Crippen LogP contribution is 2.34. The number of amides is 1. The highest BCUT2D eigenvalue weighted by molar-refractivity contribution is 9.10. The van der Waals surface area contributed by atoms with Gasteiger partial charge in [0, 0.05) is 36.4 Å². The lowest BCUT2D eigenvalue weighted by Gasteiger charge is -2.05. The maximum Gasteiger partial charge on any atom is 0.222 e. The molecular formula is C11H11BrN4OS. The molecule has 0 spiro atoms. The van der Waals surface area contributed by atoms with Crippen LogP contribution in [0.2, 0.25) is 0 Å². The van der Waals surface area contributed by atoms with Crippen LogP contribution in [-0.4, -0.2) is 22.9 Å². The van der Waals surface area contributed by atoms with E-state index in [1.807, 2.05) is 13.1 Å². The summed E-state index contributed by atoms with van der Waals surface area (Å²) < 4.78 is 0.864. The van der Waals surface area contributed by atoms with E-state index in [1.165, 1.54) is 18.3 Å². The Balaban J connectivity index is 2.39. The van der Waals surface area contributed by atoms with Crippen molar-refractivity contribution in [2.24, 2.45) is 0 Å². The quantitative estimate of drug-likeness (QED) is 0.909. The molecule has 0 bridgehead atoms. The predicted molar refractivity (Wildman–Crippen MR) is 76.9 cm³/mol. The summed E-state index contributed by atoms with van der Waals surface area (Å²) in [5.74, 6) is 0.385. The summed E-state index contributed by atoms with van der Waals surface area (Å²) in [6.07, 6.45) is 3.45. The summed E-state index contributed by atoms with van der Waals surface area (Å²) in [5.41, 5.74) is 0.952. The van der Waals surface area contributed by atoms with Crippen LogP contribution in [0.1, 0.15) is 6.92 Å². The molecule has 1 amide bonds. The van der Waals surface area contributed by atoms with Gasteiger partial charge >= 0.3 is 0 Å². The van der Waals surface area contributed by atoms with Gasteiger partial charge in [0.2, 0.25) is 5.91 Å². The van der Waals surface area contributed by atoms with Gasteiger partial charge < -0.3 is 10.6 Å². The van der Waals surface area contributed by atoms with Crippen molar-refractivity contribution >= 4 is 44.1 Å². The van der Waals surface area contributed by atoms with Crippen molar-refractivity contribution in [2.75, 3.05) is 17.7 Å². The van der Waals surface area contributed by atoms with Crippen molar-refractivity contribution in [1.29, 1.82) is 0 Å². The van der Waals surface area contributed by atoms with Crippen LogP contribution in [0.4, 0.5) is 10.9 Å². The Morgan fingerprint density at radius 3 is 2.78 bits per heavy atom. The number of thiazole rings is 1. The van der Waals surface area contributed by atoms with Gasteiger partial charge in [-0.15, -0.1) is 0 Å². The van der Waals surface area contributed by atoms with E-state index in [1.54, 1.807) is 12.4 Å². The first-order chi connectivity index (χ1) is 8.60. The van der Waals surface area contributed by atoms with Crippen molar-refractivity contribution in [1.82, 2.24) is 9.97 Å². The van der Waals surface area contributed by atoms with Crippen LogP contribution in [0, 0.1) is 0 Å². The van der Waals surface area contributed by atoms with Crippen LogP contribution >= 0.6 is 27.3 Å². The standard InChI is InChI=1S/C11H11BrN4OS/c1-6(17)16-10-3-7(8(12)4-14-10)9-5-15-11(13-2)18-9/h3-5H,1-2H3,(H,13,15)(H,14,16,17). The normalized spacial score (nSPS) is 10.2. The fourth-order valence-corrected chi connectivity index (χ4v) is 2.75. The highest BCUT2D eigenvalue weighted by Gasteiger charge is 2.09. The van der Waals surface area contributed by atoms with Gasteiger partial charge in [-0.2, -0.15) is 0 Å². The molecule has 0 saturated heterocycles. The van der Waals surface area contributed by atoms with E-state index in [-0.39, 0.29) is 5.91 Å². The number of carbonyl (C=O) groups is 1. The third-order valence-corrected chi connectivity index (χ3v) is 3.82. The lowest BCUT2D eigenvalue weighted by Crippen LogP contribution is -2.07. The van der Waals surface area contributed by atoms with Gasteiger partial charge in [-0.3, -0.25) is 4.79 Å². The zero-order chi connectivity index (χ0) is 13.1. The number of pyridine rings is 1. The Morgan fingerprint density at radius 1 is 1.39 bits per heavy atom. The molecule has 2 rings (SSSR count). The molecule has 18 heavy (non-hydrogen) atoms. The molecule has 2 N–H and O–H groups in total. The Kier molecular flexibility index (Phi) is 3.93. The van der Waals surface area contributed by atoms with Crippen LogP contribution in [-0.2, 0) is 4.79 Å². The summed E-state index contributed by atoms with van der Waals surface area (Å²) >= 11 is 4.98. The zero-order valence-corrected chi connectivity index (χ0v) is 12.2. The molecule has 0 aromatic carbocycles. The number of rotatable bonds is 3. The summed E-state index contributed by atoms with van der Waals surface area (Å²) in [7, 11) is 1.83. The first kappa shape index (κ1) is 13.0. The van der Waals surface area contributed by atoms with Gasteiger partial charge in [0.05, 0.1) is 4.88 Å². The Bertz CT molecular complexity index is 584.